The monoisotopic (exact) mass is 322 g/mol. The first kappa shape index (κ1) is 14.3. The molecule has 1 heterocycles. The van der Waals surface area contributed by atoms with Crippen LogP contribution in [-0.2, 0) is 6.42 Å². The zero-order chi connectivity index (χ0) is 14.0. The highest BCUT2D eigenvalue weighted by Gasteiger charge is 2.12. The van der Waals surface area contributed by atoms with E-state index in [0.29, 0.717) is 12.5 Å². The fraction of sp³-hybridized carbons (Fsp3) is 0.400. The second kappa shape index (κ2) is 5.88. The van der Waals surface area contributed by atoms with Gasteiger partial charge in [0.2, 0.25) is 0 Å². The Bertz CT molecular complexity index is 543. The van der Waals surface area contributed by atoms with E-state index in [-0.39, 0.29) is 0 Å². The van der Waals surface area contributed by atoms with Gasteiger partial charge in [-0.1, -0.05) is 22.0 Å². The molecule has 0 saturated carbocycles. The Balaban J connectivity index is 2.13. The number of benzene rings is 1. The Kier molecular flexibility index (Phi) is 4.42. The van der Waals surface area contributed by atoms with Crippen LogP contribution in [0.3, 0.4) is 0 Å². The molecule has 1 aromatic heterocycles. The topological polar surface area (TPSA) is 38.0 Å². The van der Waals surface area contributed by atoms with E-state index in [1.165, 1.54) is 0 Å². The number of hydrogen-bond acceptors (Lipinski definition) is 2. The number of aliphatic hydroxyl groups is 1. The van der Waals surface area contributed by atoms with E-state index in [2.05, 4.69) is 34.9 Å². The maximum atomic E-state index is 10.3. The molecule has 1 atom stereocenters. The summed E-state index contributed by atoms with van der Waals surface area (Å²) >= 11 is 3.46. The molecular weight excluding hydrogens is 304 g/mol. The lowest BCUT2D eigenvalue weighted by atomic mass is 10.0. The highest BCUT2D eigenvalue weighted by atomic mass is 79.9. The van der Waals surface area contributed by atoms with Gasteiger partial charge in [-0.05, 0) is 50.1 Å². The zero-order valence-electron chi connectivity index (χ0n) is 11.5. The van der Waals surface area contributed by atoms with Crippen LogP contribution in [0.1, 0.15) is 42.8 Å². The summed E-state index contributed by atoms with van der Waals surface area (Å²) in [5, 5.41) is 14.8. The van der Waals surface area contributed by atoms with Gasteiger partial charge >= 0.3 is 0 Å². The largest absolute Gasteiger partial charge is 0.388 e. The molecule has 1 N–H and O–H groups in total. The predicted octanol–water partition coefficient (Wildman–Crippen LogP) is 3.81. The average Bonchev–Trinajstić information content (AvgIpc) is 2.76. The molecule has 2 rings (SSSR count). The Morgan fingerprint density at radius 3 is 2.63 bits per heavy atom. The van der Waals surface area contributed by atoms with E-state index in [1.54, 1.807) is 0 Å². The summed E-state index contributed by atoms with van der Waals surface area (Å²) in [6.07, 6.45) is 1.97. The highest BCUT2D eigenvalue weighted by molar-refractivity contribution is 9.10. The van der Waals surface area contributed by atoms with Crippen LogP contribution in [-0.4, -0.2) is 14.9 Å². The first-order valence-electron chi connectivity index (χ1n) is 6.45. The molecule has 2 aromatic rings. The molecule has 0 radical (unpaired) electrons. The second-order valence-corrected chi connectivity index (χ2v) is 6.08. The number of aromatic nitrogens is 2. The highest BCUT2D eigenvalue weighted by Crippen LogP contribution is 2.23. The van der Waals surface area contributed by atoms with Crippen LogP contribution in [0.25, 0.3) is 0 Å². The van der Waals surface area contributed by atoms with E-state index in [4.69, 9.17) is 0 Å². The van der Waals surface area contributed by atoms with Gasteiger partial charge in [0.15, 0.2) is 0 Å². The van der Waals surface area contributed by atoms with Crippen molar-refractivity contribution in [3.05, 3.63) is 51.8 Å². The van der Waals surface area contributed by atoms with Crippen molar-refractivity contribution in [1.29, 1.82) is 0 Å². The number of hydrogen-bond donors (Lipinski definition) is 1. The number of rotatable bonds is 4. The average molecular weight is 323 g/mol. The molecule has 1 unspecified atom stereocenters. The Hall–Kier alpha value is -1.13. The molecule has 0 aliphatic rings. The summed E-state index contributed by atoms with van der Waals surface area (Å²) in [7, 11) is 0. The lowest BCUT2D eigenvalue weighted by molar-refractivity contribution is 0.176. The lowest BCUT2D eigenvalue weighted by Gasteiger charge is -2.11. The summed E-state index contributed by atoms with van der Waals surface area (Å²) < 4.78 is 2.91. The van der Waals surface area contributed by atoms with Gasteiger partial charge in [-0.15, -0.1) is 0 Å². The van der Waals surface area contributed by atoms with Gasteiger partial charge in [0, 0.05) is 23.1 Å². The molecule has 1 aromatic carbocycles. The van der Waals surface area contributed by atoms with Crippen molar-refractivity contribution in [2.45, 2.75) is 39.3 Å². The standard InChI is InChI=1S/C15H19BrN2O/c1-10(2)18-5-4-14(17-18)9-15(19)12-6-11(3)7-13(16)8-12/h4-8,10,15,19H,9H2,1-3H3. The molecule has 0 fully saturated rings. The molecule has 0 bridgehead atoms. The van der Waals surface area contributed by atoms with Crippen LogP contribution in [0.4, 0.5) is 0 Å². The fourth-order valence-corrected chi connectivity index (χ4v) is 2.67. The molecular formula is C15H19BrN2O. The molecule has 0 spiro atoms. The molecule has 19 heavy (non-hydrogen) atoms. The van der Waals surface area contributed by atoms with Crippen LogP contribution >= 0.6 is 15.9 Å². The van der Waals surface area contributed by atoms with Crippen molar-refractivity contribution in [3.63, 3.8) is 0 Å². The van der Waals surface area contributed by atoms with E-state index in [9.17, 15) is 5.11 Å². The van der Waals surface area contributed by atoms with Crippen LogP contribution in [0.5, 0.6) is 0 Å². The summed E-state index contributed by atoms with van der Waals surface area (Å²) in [6, 6.07) is 8.31. The second-order valence-electron chi connectivity index (χ2n) is 5.16. The van der Waals surface area contributed by atoms with E-state index in [0.717, 1.165) is 21.3 Å². The summed E-state index contributed by atoms with van der Waals surface area (Å²) in [4.78, 5) is 0. The van der Waals surface area contributed by atoms with E-state index in [1.807, 2.05) is 42.1 Å². The van der Waals surface area contributed by atoms with Gasteiger partial charge < -0.3 is 5.11 Å². The Morgan fingerprint density at radius 1 is 1.32 bits per heavy atom. The minimum atomic E-state index is -0.522. The van der Waals surface area contributed by atoms with Crippen LogP contribution in [0, 0.1) is 6.92 Å². The predicted molar refractivity (Wildman–Crippen MR) is 80.2 cm³/mol. The van der Waals surface area contributed by atoms with Crippen molar-refractivity contribution in [1.82, 2.24) is 9.78 Å². The maximum Gasteiger partial charge on any atom is 0.0846 e. The number of aryl methyl sites for hydroxylation is 1. The molecule has 3 nitrogen and oxygen atoms in total. The van der Waals surface area contributed by atoms with Gasteiger partial charge in [0.1, 0.15) is 0 Å². The maximum absolute atomic E-state index is 10.3. The molecule has 0 amide bonds. The first-order chi connectivity index (χ1) is 8.95. The minimum Gasteiger partial charge on any atom is -0.388 e. The normalized spacial score (nSPS) is 12.9. The van der Waals surface area contributed by atoms with E-state index < -0.39 is 6.10 Å². The van der Waals surface area contributed by atoms with Crippen molar-refractivity contribution >= 4 is 15.9 Å². The summed E-state index contributed by atoms with van der Waals surface area (Å²) in [5.74, 6) is 0. The van der Waals surface area contributed by atoms with Crippen LogP contribution in [0.15, 0.2) is 34.9 Å². The van der Waals surface area contributed by atoms with Crippen LogP contribution < -0.4 is 0 Å². The minimum absolute atomic E-state index is 0.346. The lowest BCUT2D eigenvalue weighted by Crippen LogP contribution is -2.05. The van der Waals surface area contributed by atoms with E-state index >= 15 is 0 Å². The summed E-state index contributed by atoms with van der Waals surface area (Å²) in [6.45, 7) is 6.20. The fourth-order valence-electron chi connectivity index (χ4n) is 2.05. The third-order valence-electron chi connectivity index (χ3n) is 3.04. The van der Waals surface area contributed by atoms with Gasteiger partial charge in [-0.2, -0.15) is 5.10 Å². The SMILES string of the molecule is Cc1cc(Br)cc(C(O)Cc2ccn(C(C)C)n2)c1. The van der Waals surface area contributed by atoms with Crippen molar-refractivity contribution in [2.24, 2.45) is 0 Å². The molecule has 0 aliphatic carbocycles. The number of halogens is 1. The molecule has 102 valence electrons. The quantitative estimate of drug-likeness (QED) is 0.929. The van der Waals surface area contributed by atoms with Gasteiger partial charge in [0.05, 0.1) is 11.8 Å². The van der Waals surface area contributed by atoms with Gasteiger partial charge in [0.25, 0.3) is 0 Å². The van der Waals surface area contributed by atoms with Crippen LogP contribution in [0.2, 0.25) is 0 Å². The van der Waals surface area contributed by atoms with Gasteiger partial charge in [-0.3, -0.25) is 4.68 Å². The Labute approximate surface area is 122 Å². The van der Waals surface area contributed by atoms with Crippen molar-refractivity contribution < 1.29 is 5.11 Å². The third kappa shape index (κ3) is 3.67. The third-order valence-corrected chi connectivity index (χ3v) is 3.50. The van der Waals surface area contributed by atoms with Crippen molar-refractivity contribution in [3.8, 4) is 0 Å². The number of nitrogens with zero attached hydrogens (tertiary/aromatic N) is 2. The van der Waals surface area contributed by atoms with Crippen molar-refractivity contribution in [2.75, 3.05) is 0 Å². The van der Waals surface area contributed by atoms with Gasteiger partial charge in [-0.25, -0.2) is 0 Å². The smallest absolute Gasteiger partial charge is 0.0846 e. The molecule has 0 saturated heterocycles. The molecule has 0 aliphatic heterocycles. The summed E-state index contributed by atoms with van der Waals surface area (Å²) in [5.41, 5.74) is 2.97. The Morgan fingerprint density at radius 2 is 2.05 bits per heavy atom. The zero-order valence-corrected chi connectivity index (χ0v) is 13.1. The number of aliphatic hydroxyl groups excluding tert-OH is 1. The molecule has 4 heteroatoms. The first-order valence-corrected chi connectivity index (χ1v) is 7.24.